The summed E-state index contributed by atoms with van der Waals surface area (Å²) in [5.74, 6) is -0.909. The quantitative estimate of drug-likeness (QED) is 0.481. The van der Waals surface area contributed by atoms with E-state index in [4.69, 9.17) is 0 Å². The molecule has 0 unspecified atom stereocenters. The van der Waals surface area contributed by atoms with Gasteiger partial charge in [0.15, 0.2) is 12.7 Å². The third-order valence-corrected chi connectivity index (χ3v) is 1.24. The standard InChI is InChI=1S/C6H8O4/c1-2-4-6(8)9-3-5(7)10-4/h4H,2-3H2,1H3/t4-/m1/s1. The van der Waals surface area contributed by atoms with Crippen molar-refractivity contribution in [3.63, 3.8) is 0 Å². The lowest BCUT2D eigenvalue weighted by atomic mass is 10.3. The Labute approximate surface area is 58.1 Å². The van der Waals surface area contributed by atoms with Crippen molar-refractivity contribution in [3.05, 3.63) is 0 Å². The Hall–Kier alpha value is -1.06. The minimum absolute atomic E-state index is 0.241. The first-order valence-electron chi connectivity index (χ1n) is 3.10. The molecule has 4 heteroatoms. The lowest BCUT2D eigenvalue weighted by Crippen LogP contribution is -2.36. The van der Waals surface area contributed by atoms with Crippen molar-refractivity contribution in [3.8, 4) is 0 Å². The summed E-state index contributed by atoms with van der Waals surface area (Å²) in [4.78, 5) is 21.1. The average Bonchev–Trinajstić information content (AvgIpc) is 1.94. The fourth-order valence-corrected chi connectivity index (χ4v) is 0.714. The van der Waals surface area contributed by atoms with Crippen LogP contribution >= 0.6 is 0 Å². The largest absolute Gasteiger partial charge is 0.451 e. The van der Waals surface area contributed by atoms with Crippen molar-refractivity contribution in [1.82, 2.24) is 0 Å². The van der Waals surface area contributed by atoms with Gasteiger partial charge in [-0.05, 0) is 6.42 Å². The maximum Gasteiger partial charge on any atom is 0.348 e. The van der Waals surface area contributed by atoms with Crippen LogP contribution in [0, 0.1) is 0 Å². The molecule has 1 saturated heterocycles. The fourth-order valence-electron chi connectivity index (χ4n) is 0.714. The molecular formula is C6H8O4. The van der Waals surface area contributed by atoms with E-state index in [2.05, 4.69) is 9.47 Å². The molecule has 0 bridgehead atoms. The third kappa shape index (κ3) is 1.26. The summed E-state index contributed by atoms with van der Waals surface area (Å²) in [6.07, 6.45) is -0.203. The molecule has 0 saturated carbocycles. The van der Waals surface area contributed by atoms with E-state index in [1.807, 2.05) is 0 Å². The Bertz CT molecular complexity index is 163. The van der Waals surface area contributed by atoms with Gasteiger partial charge in [0.1, 0.15) is 0 Å². The topological polar surface area (TPSA) is 52.6 Å². The molecule has 1 rings (SSSR count). The minimum atomic E-state index is -0.679. The van der Waals surface area contributed by atoms with Crippen molar-refractivity contribution in [1.29, 1.82) is 0 Å². The minimum Gasteiger partial charge on any atom is -0.451 e. The Balaban J connectivity index is 2.53. The van der Waals surface area contributed by atoms with Crippen LogP contribution in [0.5, 0.6) is 0 Å². The molecule has 1 aliphatic rings. The summed E-state index contributed by atoms with van der Waals surface area (Å²) >= 11 is 0. The van der Waals surface area contributed by atoms with Crippen LogP contribution in [0.25, 0.3) is 0 Å². The molecule has 1 fully saturated rings. The summed E-state index contributed by atoms with van der Waals surface area (Å²) in [5, 5.41) is 0. The second-order valence-electron chi connectivity index (χ2n) is 1.99. The van der Waals surface area contributed by atoms with Gasteiger partial charge in [0.05, 0.1) is 0 Å². The second-order valence-corrected chi connectivity index (χ2v) is 1.99. The predicted octanol–water partition coefficient (Wildman–Crippen LogP) is -0.135. The van der Waals surface area contributed by atoms with E-state index in [0.717, 1.165) is 0 Å². The highest BCUT2D eigenvalue weighted by Gasteiger charge is 2.28. The van der Waals surface area contributed by atoms with E-state index in [1.165, 1.54) is 0 Å². The molecule has 0 aromatic heterocycles. The Morgan fingerprint density at radius 2 is 2.30 bits per heavy atom. The molecule has 0 radical (unpaired) electrons. The van der Waals surface area contributed by atoms with Crippen molar-refractivity contribution in [2.45, 2.75) is 19.4 Å². The van der Waals surface area contributed by atoms with Crippen molar-refractivity contribution >= 4 is 11.9 Å². The zero-order chi connectivity index (χ0) is 7.56. The van der Waals surface area contributed by atoms with Crippen LogP contribution in [0.4, 0.5) is 0 Å². The number of hydrogen-bond acceptors (Lipinski definition) is 4. The molecule has 0 N–H and O–H groups in total. The molecule has 10 heavy (non-hydrogen) atoms. The van der Waals surface area contributed by atoms with Gasteiger partial charge in [-0.3, -0.25) is 0 Å². The highest BCUT2D eigenvalue weighted by molar-refractivity contribution is 5.85. The maximum absolute atomic E-state index is 10.7. The predicted molar refractivity (Wildman–Crippen MR) is 31.1 cm³/mol. The highest BCUT2D eigenvalue weighted by atomic mass is 16.6. The number of carbonyl (C=O) groups excluding carboxylic acids is 2. The van der Waals surface area contributed by atoms with Gasteiger partial charge in [0, 0.05) is 0 Å². The summed E-state index contributed by atoms with van der Waals surface area (Å²) in [7, 11) is 0. The van der Waals surface area contributed by atoms with Crippen LogP contribution in [-0.4, -0.2) is 24.6 Å². The summed E-state index contributed by atoms with van der Waals surface area (Å²) in [6.45, 7) is 1.51. The van der Waals surface area contributed by atoms with Crippen molar-refractivity contribution in [2.24, 2.45) is 0 Å². The van der Waals surface area contributed by atoms with Crippen LogP contribution < -0.4 is 0 Å². The molecule has 1 heterocycles. The van der Waals surface area contributed by atoms with Crippen LogP contribution in [0.1, 0.15) is 13.3 Å². The van der Waals surface area contributed by atoms with Crippen LogP contribution in [0.3, 0.4) is 0 Å². The smallest absolute Gasteiger partial charge is 0.348 e. The van der Waals surface area contributed by atoms with Gasteiger partial charge in [-0.2, -0.15) is 0 Å². The number of ether oxygens (including phenoxy) is 2. The van der Waals surface area contributed by atoms with E-state index >= 15 is 0 Å². The number of esters is 2. The molecule has 1 aliphatic heterocycles. The van der Waals surface area contributed by atoms with Crippen molar-refractivity contribution in [2.75, 3.05) is 6.61 Å². The molecule has 0 aromatic carbocycles. The Morgan fingerprint density at radius 3 is 2.80 bits per heavy atom. The van der Waals surface area contributed by atoms with Gasteiger partial charge in [-0.15, -0.1) is 0 Å². The van der Waals surface area contributed by atoms with Gasteiger partial charge in [0.2, 0.25) is 0 Å². The number of carbonyl (C=O) groups is 2. The van der Waals surface area contributed by atoms with Gasteiger partial charge in [-0.1, -0.05) is 6.92 Å². The average molecular weight is 144 g/mol. The Morgan fingerprint density at radius 1 is 1.60 bits per heavy atom. The third-order valence-electron chi connectivity index (χ3n) is 1.24. The zero-order valence-electron chi connectivity index (χ0n) is 5.62. The van der Waals surface area contributed by atoms with Gasteiger partial charge >= 0.3 is 11.9 Å². The molecule has 0 aliphatic carbocycles. The highest BCUT2D eigenvalue weighted by Crippen LogP contribution is 2.06. The first-order chi connectivity index (χ1) is 4.74. The summed E-state index contributed by atoms with van der Waals surface area (Å²) in [5.41, 5.74) is 0. The number of cyclic esters (lactones) is 2. The van der Waals surface area contributed by atoms with E-state index in [1.54, 1.807) is 6.92 Å². The first kappa shape index (κ1) is 7.05. The van der Waals surface area contributed by atoms with E-state index < -0.39 is 18.0 Å². The summed E-state index contributed by atoms with van der Waals surface area (Å²) < 4.78 is 9.11. The van der Waals surface area contributed by atoms with Crippen LogP contribution in [-0.2, 0) is 19.1 Å². The molecule has 4 nitrogen and oxygen atoms in total. The van der Waals surface area contributed by atoms with Crippen LogP contribution in [0.15, 0.2) is 0 Å². The Kier molecular flexibility index (Phi) is 1.89. The van der Waals surface area contributed by atoms with E-state index in [9.17, 15) is 9.59 Å². The lowest BCUT2D eigenvalue weighted by Gasteiger charge is -2.19. The zero-order valence-corrected chi connectivity index (χ0v) is 5.62. The molecule has 0 aromatic rings. The molecular weight excluding hydrogens is 136 g/mol. The molecule has 0 amide bonds. The lowest BCUT2D eigenvalue weighted by molar-refractivity contribution is -0.184. The number of rotatable bonds is 1. The number of hydrogen-bond donors (Lipinski definition) is 0. The van der Waals surface area contributed by atoms with Crippen LogP contribution in [0.2, 0.25) is 0 Å². The van der Waals surface area contributed by atoms with Crippen molar-refractivity contribution < 1.29 is 19.1 Å². The fraction of sp³-hybridized carbons (Fsp3) is 0.667. The monoisotopic (exact) mass is 144 g/mol. The van der Waals surface area contributed by atoms with E-state index in [-0.39, 0.29) is 6.61 Å². The molecule has 0 spiro atoms. The summed E-state index contributed by atoms with van der Waals surface area (Å²) in [6, 6.07) is 0. The van der Waals surface area contributed by atoms with Gasteiger partial charge < -0.3 is 9.47 Å². The molecule has 56 valence electrons. The van der Waals surface area contributed by atoms with Gasteiger partial charge in [-0.25, -0.2) is 9.59 Å². The second kappa shape index (κ2) is 2.68. The van der Waals surface area contributed by atoms with Gasteiger partial charge in [0.25, 0.3) is 0 Å². The van der Waals surface area contributed by atoms with E-state index in [0.29, 0.717) is 6.42 Å². The normalized spacial score (nSPS) is 25.5. The SMILES string of the molecule is CC[C@H]1OC(=O)COC1=O. The maximum atomic E-state index is 10.7. The first-order valence-corrected chi connectivity index (χ1v) is 3.10. The molecule has 1 atom stereocenters.